The minimum atomic E-state index is -0.397. The van der Waals surface area contributed by atoms with E-state index in [1.165, 1.54) is 11.3 Å². The quantitative estimate of drug-likeness (QED) is 0.817. The first kappa shape index (κ1) is 19.7. The van der Waals surface area contributed by atoms with Crippen LogP contribution in [0.3, 0.4) is 0 Å². The highest BCUT2D eigenvalue weighted by Gasteiger charge is 2.33. The number of rotatable bonds is 3. The standard InChI is InChI=1S/C20H32N2O3S/c1-20(2)6-3-8-22(11-7-20)19(25)16-12-17(26-14-16)15-4-9-21(10-5-15)18(24)13-23/h12,15-16,23H,3-11,13-14H2,1-2H3. The fourth-order valence-electron chi connectivity index (χ4n) is 4.27. The zero-order valence-corrected chi connectivity index (χ0v) is 16.9. The molecule has 0 aromatic heterocycles. The summed E-state index contributed by atoms with van der Waals surface area (Å²) in [7, 11) is 0. The summed E-state index contributed by atoms with van der Waals surface area (Å²) in [4.78, 5) is 29.7. The maximum atomic E-state index is 13.0. The highest BCUT2D eigenvalue weighted by molar-refractivity contribution is 8.03. The van der Waals surface area contributed by atoms with E-state index in [0.29, 0.717) is 30.3 Å². The highest BCUT2D eigenvalue weighted by atomic mass is 32.2. The van der Waals surface area contributed by atoms with Crippen LogP contribution < -0.4 is 0 Å². The molecule has 3 aliphatic heterocycles. The van der Waals surface area contributed by atoms with Crippen molar-refractivity contribution in [3.63, 3.8) is 0 Å². The Kier molecular flexibility index (Phi) is 6.33. The van der Waals surface area contributed by atoms with Crippen LogP contribution in [-0.2, 0) is 9.59 Å². The van der Waals surface area contributed by atoms with E-state index >= 15 is 0 Å². The molecule has 26 heavy (non-hydrogen) atoms. The van der Waals surface area contributed by atoms with Gasteiger partial charge in [0.25, 0.3) is 0 Å². The molecule has 0 aliphatic carbocycles. The molecule has 2 fully saturated rings. The minimum absolute atomic E-state index is 0.0216. The van der Waals surface area contributed by atoms with Gasteiger partial charge in [0.15, 0.2) is 0 Å². The number of allylic oxidation sites excluding steroid dienone is 1. The number of carbonyl (C=O) groups is 2. The number of amides is 2. The van der Waals surface area contributed by atoms with Crippen molar-refractivity contribution in [2.75, 3.05) is 38.5 Å². The first-order chi connectivity index (χ1) is 12.4. The first-order valence-corrected chi connectivity index (χ1v) is 10.9. The molecule has 6 heteroatoms. The lowest BCUT2D eigenvalue weighted by atomic mass is 9.85. The molecule has 5 nitrogen and oxygen atoms in total. The summed E-state index contributed by atoms with van der Waals surface area (Å²) in [5.74, 6) is 1.48. The van der Waals surface area contributed by atoms with E-state index in [9.17, 15) is 9.59 Å². The first-order valence-electron chi connectivity index (χ1n) is 9.91. The van der Waals surface area contributed by atoms with Crippen molar-refractivity contribution in [3.05, 3.63) is 11.0 Å². The van der Waals surface area contributed by atoms with E-state index in [-0.39, 0.29) is 11.8 Å². The van der Waals surface area contributed by atoms with E-state index in [0.717, 1.165) is 44.5 Å². The van der Waals surface area contributed by atoms with Gasteiger partial charge in [-0.3, -0.25) is 9.59 Å². The van der Waals surface area contributed by atoms with Gasteiger partial charge in [0.1, 0.15) is 6.61 Å². The number of hydrogen-bond donors (Lipinski definition) is 1. The molecule has 2 amide bonds. The van der Waals surface area contributed by atoms with Crippen LogP contribution in [-0.4, -0.2) is 65.3 Å². The van der Waals surface area contributed by atoms with Crippen LogP contribution in [0.5, 0.6) is 0 Å². The SMILES string of the molecule is CC1(C)CCCN(C(=O)C2C=C(C3CCN(C(=O)CO)CC3)SC2)CC1. The second-order valence-electron chi connectivity index (χ2n) is 8.64. The lowest BCUT2D eigenvalue weighted by Gasteiger charge is -2.32. The number of carbonyl (C=O) groups excluding carboxylic acids is 2. The van der Waals surface area contributed by atoms with E-state index in [4.69, 9.17) is 5.11 Å². The van der Waals surface area contributed by atoms with Crippen LogP contribution in [0.1, 0.15) is 46.0 Å². The molecule has 0 aromatic rings. The van der Waals surface area contributed by atoms with E-state index in [2.05, 4.69) is 24.8 Å². The molecule has 3 heterocycles. The van der Waals surface area contributed by atoms with Gasteiger partial charge in [0.2, 0.25) is 11.8 Å². The van der Waals surface area contributed by atoms with Gasteiger partial charge < -0.3 is 14.9 Å². The predicted octanol–water partition coefficient (Wildman–Crippen LogP) is 2.50. The molecular formula is C20H32N2O3S. The Morgan fingerprint density at radius 1 is 1.15 bits per heavy atom. The Bertz CT molecular complexity index is 567. The van der Waals surface area contributed by atoms with E-state index < -0.39 is 6.61 Å². The van der Waals surface area contributed by atoms with Crippen LogP contribution in [0.25, 0.3) is 0 Å². The second kappa shape index (κ2) is 8.34. The maximum Gasteiger partial charge on any atom is 0.248 e. The van der Waals surface area contributed by atoms with Crippen molar-refractivity contribution >= 4 is 23.6 Å². The molecule has 0 saturated carbocycles. The molecule has 0 radical (unpaired) electrons. The predicted molar refractivity (Wildman–Crippen MR) is 105 cm³/mol. The van der Waals surface area contributed by atoms with Gasteiger partial charge in [-0.15, -0.1) is 11.8 Å². The fourth-order valence-corrected chi connectivity index (χ4v) is 5.61. The summed E-state index contributed by atoms with van der Waals surface area (Å²) in [6.45, 7) is 7.41. The molecule has 1 unspecified atom stereocenters. The number of likely N-dealkylation sites (tertiary alicyclic amines) is 2. The topological polar surface area (TPSA) is 60.9 Å². The van der Waals surface area contributed by atoms with Crippen molar-refractivity contribution in [1.82, 2.24) is 9.80 Å². The summed E-state index contributed by atoms with van der Waals surface area (Å²) in [6.07, 6.45) is 7.46. The van der Waals surface area contributed by atoms with Crippen molar-refractivity contribution in [2.45, 2.75) is 46.0 Å². The van der Waals surface area contributed by atoms with E-state index in [1.807, 2.05) is 11.8 Å². The molecule has 1 atom stereocenters. The van der Waals surface area contributed by atoms with Gasteiger partial charge in [-0.25, -0.2) is 0 Å². The van der Waals surface area contributed by atoms with Crippen LogP contribution in [0.15, 0.2) is 11.0 Å². The normalized spacial score (nSPS) is 27.2. The summed E-state index contributed by atoms with van der Waals surface area (Å²) in [5.41, 5.74) is 0.348. The molecule has 0 spiro atoms. The van der Waals surface area contributed by atoms with Crippen LogP contribution >= 0.6 is 11.8 Å². The molecule has 3 rings (SSSR count). The zero-order chi connectivity index (χ0) is 18.7. The van der Waals surface area contributed by atoms with Gasteiger partial charge >= 0.3 is 0 Å². The third kappa shape index (κ3) is 4.63. The molecule has 0 bridgehead atoms. The van der Waals surface area contributed by atoms with Gasteiger partial charge in [-0.1, -0.05) is 19.9 Å². The zero-order valence-electron chi connectivity index (χ0n) is 16.1. The number of aliphatic hydroxyl groups excluding tert-OH is 1. The summed E-state index contributed by atoms with van der Waals surface area (Å²) >= 11 is 1.83. The number of nitrogens with zero attached hydrogens (tertiary/aromatic N) is 2. The second-order valence-corrected chi connectivity index (χ2v) is 9.74. The average Bonchev–Trinajstić information content (AvgIpc) is 3.06. The highest BCUT2D eigenvalue weighted by Crippen LogP contribution is 2.40. The monoisotopic (exact) mass is 380 g/mol. The Hall–Kier alpha value is -1.01. The Balaban J connectivity index is 1.54. The maximum absolute atomic E-state index is 13.0. The number of thioether (sulfide) groups is 1. The van der Waals surface area contributed by atoms with Gasteiger partial charge in [0, 0.05) is 31.9 Å². The van der Waals surface area contributed by atoms with Crippen molar-refractivity contribution < 1.29 is 14.7 Å². The van der Waals surface area contributed by atoms with Gasteiger partial charge in [-0.2, -0.15) is 0 Å². The molecule has 146 valence electrons. The lowest BCUT2D eigenvalue weighted by molar-refractivity contribution is -0.135. The smallest absolute Gasteiger partial charge is 0.248 e. The lowest BCUT2D eigenvalue weighted by Crippen LogP contribution is -2.40. The summed E-state index contributed by atoms with van der Waals surface area (Å²) in [5, 5.41) is 8.99. The Morgan fingerprint density at radius 3 is 2.58 bits per heavy atom. The van der Waals surface area contributed by atoms with Crippen molar-refractivity contribution in [2.24, 2.45) is 17.3 Å². The molecule has 3 aliphatic rings. The van der Waals surface area contributed by atoms with Crippen molar-refractivity contribution in [1.29, 1.82) is 0 Å². The summed E-state index contributed by atoms with van der Waals surface area (Å²) in [6, 6.07) is 0. The van der Waals surface area contributed by atoms with Crippen LogP contribution in [0.4, 0.5) is 0 Å². The summed E-state index contributed by atoms with van der Waals surface area (Å²) < 4.78 is 0. The third-order valence-corrected chi connectivity index (χ3v) is 7.48. The van der Waals surface area contributed by atoms with Crippen molar-refractivity contribution in [3.8, 4) is 0 Å². The molecule has 1 N–H and O–H groups in total. The molecule has 0 aromatic carbocycles. The number of hydrogen-bond acceptors (Lipinski definition) is 4. The number of aliphatic hydroxyl groups is 1. The number of piperidine rings is 1. The fraction of sp³-hybridized carbons (Fsp3) is 0.800. The van der Waals surface area contributed by atoms with E-state index in [1.54, 1.807) is 4.90 Å². The minimum Gasteiger partial charge on any atom is -0.387 e. The van der Waals surface area contributed by atoms with Crippen LogP contribution in [0.2, 0.25) is 0 Å². The van der Waals surface area contributed by atoms with Gasteiger partial charge in [-0.05, 0) is 48.3 Å². The van der Waals surface area contributed by atoms with Crippen LogP contribution in [0, 0.1) is 17.3 Å². The molecule has 2 saturated heterocycles. The third-order valence-electron chi connectivity index (χ3n) is 6.15. The largest absolute Gasteiger partial charge is 0.387 e. The Labute approximate surface area is 161 Å². The molecular weight excluding hydrogens is 348 g/mol. The van der Waals surface area contributed by atoms with Gasteiger partial charge in [0.05, 0.1) is 5.92 Å². The Morgan fingerprint density at radius 2 is 1.88 bits per heavy atom. The average molecular weight is 381 g/mol.